The Morgan fingerprint density at radius 2 is 1.63 bits per heavy atom. The van der Waals surface area contributed by atoms with Crippen LogP contribution in [0.1, 0.15) is 0 Å². The molecule has 5 aromatic rings. The number of rotatable bonds is 4. The first-order valence-corrected chi connectivity index (χ1v) is 9.48. The smallest absolute Gasteiger partial charge is 0.170 e. The summed E-state index contributed by atoms with van der Waals surface area (Å²) in [4.78, 5) is 14.2. The molecule has 0 fully saturated rings. The number of benzene rings is 2. The Kier molecular flexibility index (Phi) is 3.88. The summed E-state index contributed by atoms with van der Waals surface area (Å²) in [6.07, 6.45) is 1.80. The first kappa shape index (κ1) is 15.7. The van der Waals surface area contributed by atoms with Gasteiger partial charge in [0.05, 0.1) is 5.69 Å². The predicted molar refractivity (Wildman–Crippen MR) is 110 cm³/mol. The maximum atomic E-state index is 4.82. The van der Waals surface area contributed by atoms with Crippen molar-refractivity contribution in [1.82, 2.24) is 19.5 Å². The molecule has 2 aromatic carbocycles. The lowest BCUT2D eigenvalue weighted by atomic mass is 10.2. The van der Waals surface area contributed by atoms with E-state index in [0.29, 0.717) is 11.6 Å². The van der Waals surface area contributed by atoms with Crippen LogP contribution in [-0.2, 0) is 0 Å². The zero-order chi connectivity index (χ0) is 18.1. The minimum absolute atomic E-state index is 0.665. The summed E-state index contributed by atoms with van der Waals surface area (Å²) in [5.74, 6) is 1.36. The van der Waals surface area contributed by atoms with E-state index in [1.165, 1.54) is 0 Å². The standard InChI is InChI=1S/C21H15N5S/c1-3-7-15(8-4-1)19-24-20(23-16-9-5-2-6-10-16)18-21(25-19)26(14-22-18)17-11-12-27-13-17/h1-14H,(H,23,24,25). The molecular weight excluding hydrogens is 354 g/mol. The summed E-state index contributed by atoms with van der Waals surface area (Å²) in [5.41, 5.74) is 4.49. The van der Waals surface area contributed by atoms with Crippen molar-refractivity contribution >= 4 is 34.0 Å². The number of thiophene rings is 1. The number of aromatic nitrogens is 4. The van der Waals surface area contributed by atoms with E-state index in [9.17, 15) is 0 Å². The molecule has 27 heavy (non-hydrogen) atoms. The number of para-hydroxylation sites is 1. The van der Waals surface area contributed by atoms with E-state index in [1.807, 2.05) is 70.6 Å². The number of nitrogens with zero attached hydrogens (tertiary/aromatic N) is 4. The molecule has 3 aromatic heterocycles. The van der Waals surface area contributed by atoms with Crippen molar-refractivity contribution in [3.05, 3.63) is 83.8 Å². The van der Waals surface area contributed by atoms with Crippen LogP contribution in [0.3, 0.4) is 0 Å². The van der Waals surface area contributed by atoms with Crippen LogP contribution in [0.4, 0.5) is 11.5 Å². The molecular formula is C21H15N5S. The molecule has 0 saturated heterocycles. The van der Waals surface area contributed by atoms with E-state index in [4.69, 9.17) is 9.97 Å². The highest BCUT2D eigenvalue weighted by Crippen LogP contribution is 2.28. The van der Waals surface area contributed by atoms with Crippen LogP contribution in [0, 0.1) is 0 Å². The van der Waals surface area contributed by atoms with E-state index in [0.717, 1.165) is 28.1 Å². The van der Waals surface area contributed by atoms with Crippen molar-refractivity contribution in [2.45, 2.75) is 0 Å². The molecule has 6 heteroatoms. The molecule has 5 rings (SSSR count). The zero-order valence-corrected chi connectivity index (χ0v) is 15.1. The second-order valence-electron chi connectivity index (χ2n) is 6.02. The van der Waals surface area contributed by atoms with Crippen LogP contribution in [0.5, 0.6) is 0 Å². The van der Waals surface area contributed by atoms with Crippen molar-refractivity contribution in [3.63, 3.8) is 0 Å². The van der Waals surface area contributed by atoms with Crippen molar-refractivity contribution in [1.29, 1.82) is 0 Å². The number of nitrogens with one attached hydrogen (secondary N) is 1. The van der Waals surface area contributed by atoms with E-state index in [-0.39, 0.29) is 0 Å². The quantitative estimate of drug-likeness (QED) is 0.468. The van der Waals surface area contributed by atoms with Crippen molar-refractivity contribution in [2.24, 2.45) is 0 Å². The summed E-state index contributed by atoms with van der Waals surface area (Å²) in [5, 5.41) is 7.52. The first-order chi connectivity index (χ1) is 13.4. The molecule has 0 atom stereocenters. The van der Waals surface area contributed by atoms with Gasteiger partial charge in [0.25, 0.3) is 0 Å². The highest BCUT2D eigenvalue weighted by atomic mass is 32.1. The van der Waals surface area contributed by atoms with Crippen LogP contribution in [0.25, 0.3) is 28.2 Å². The second-order valence-corrected chi connectivity index (χ2v) is 6.80. The topological polar surface area (TPSA) is 55.6 Å². The van der Waals surface area contributed by atoms with Gasteiger partial charge in [-0.1, -0.05) is 48.5 Å². The normalized spacial score (nSPS) is 11.0. The summed E-state index contributed by atoms with van der Waals surface area (Å²) in [6, 6.07) is 22.0. The Balaban J connectivity index is 1.72. The molecule has 5 nitrogen and oxygen atoms in total. The molecule has 0 aliphatic heterocycles. The van der Waals surface area contributed by atoms with Gasteiger partial charge in [-0.2, -0.15) is 11.3 Å². The Labute approximate surface area is 160 Å². The summed E-state index contributed by atoms with van der Waals surface area (Å²) >= 11 is 1.65. The third-order valence-electron chi connectivity index (χ3n) is 4.25. The average Bonchev–Trinajstić information content (AvgIpc) is 3.39. The van der Waals surface area contributed by atoms with Gasteiger partial charge < -0.3 is 5.32 Å². The average molecular weight is 369 g/mol. The predicted octanol–water partition coefficient (Wildman–Crippen LogP) is 5.29. The Morgan fingerprint density at radius 3 is 2.37 bits per heavy atom. The molecule has 130 valence electrons. The van der Waals surface area contributed by atoms with Crippen LogP contribution in [-0.4, -0.2) is 19.5 Å². The Morgan fingerprint density at radius 1 is 0.852 bits per heavy atom. The number of fused-ring (bicyclic) bond motifs is 1. The van der Waals surface area contributed by atoms with Gasteiger partial charge in [-0.05, 0) is 23.6 Å². The van der Waals surface area contributed by atoms with Crippen LogP contribution >= 0.6 is 11.3 Å². The van der Waals surface area contributed by atoms with Gasteiger partial charge in [-0.15, -0.1) is 0 Å². The third-order valence-corrected chi connectivity index (χ3v) is 4.92. The second kappa shape index (κ2) is 6.66. The fraction of sp³-hybridized carbons (Fsp3) is 0. The maximum Gasteiger partial charge on any atom is 0.170 e. The SMILES string of the molecule is c1ccc(Nc2nc(-c3ccccc3)nc3c2ncn3-c2ccsc2)cc1. The van der Waals surface area contributed by atoms with Gasteiger partial charge in [-0.3, -0.25) is 4.57 Å². The van der Waals surface area contributed by atoms with Gasteiger partial charge in [0.1, 0.15) is 6.33 Å². The molecule has 3 heterocycles. The molecule has 0 aliphatic carbocycles. The number of imidazole rings is 1. The zero-order valence-electron chi connectivity index (χ0n) is 14.3. The number of hydrogen-bond donors (Lipinski definition) is 1. The highest BCUT2D eigenvalue weighted by Gasteiger charge is 2.15. The minimum atomic E-state index is 0.665. The van der Waals surface area contributed by atoms with Crippen molar-refractivity contribution < 1.29 is 0 Å². The van der Waals surface area contributed by atoms with Gasteiger partial charge in [0, 0.05) is 16.6 Å². The van der Waals surface area contributed by atoms with Crippen LogP contribution in [0.15, 0.2) is 83.8 Å². The van der Waals surface area contributed by atoms with Crippen molar-refractivity contribution in [2.75, 3.05) is 5.32 Å². The van der Waals surface area contributed by atoms with Gasteiger partial charge in [0.2, 0.25) is 0 Å². The van der Waals surface area contributed by atoms with E-state index in [2.05, 4.69) is 21.7 Å². The van der Waals surface area contributed by atoms with Gasteiger partial charge in [-0.25, -0.2) is 15.0 Å². The van der Waals surface area contributed by atoms with Crippen LogP contribution in [0.2, 0.25) is 0 Å². The fourth-order valence-corrected chi connectivity index (χ4v) is 3.57. The molecule has 0 amide bonds. The Bertz CT molecular complexity index is 1180. The lowest BCUT2D eigenvalue weighted by molar-refractivity contribution is 1.07. The summed E-state index contributed by atoms with van der Waals surface area (Å²) in [6.45, 7) is 0. The van der Waals surface area contributed by atoms with Crippen molar-refractivity contribution in [3.8, 4) is 17.1 Å². The molecule has 0 unspecified atom stereocenters. The number of anilines is 2. The van der Waals surface area contributed by atoms with E-state index < -0.39 is 0 Å². The first-order valence-electron chi connectivity index (χ1n) is 8.54. The summed E-state index contributed by atoms with van der Waals surface area (Å²) < 4.78 is 2.00. The Hall–Kier alpha value is -3.51. The highest BCUT2D eigenvalue weighted by molar-refractivity contribution is 7.08. The van der Waals surface area contributed by atoms with Gasteiger partial charge >= 0.3 is 0 Å². The molecule has 0 aliphatic rings. The summed E-state index contributed by atoms with van der Waals surface area (Å²) in [7, 11) is 0. The molecule has 1 N–H and O–H groups in total. The molecule has 0 bridgehead atoms. The van der Waals surface area contributed by atoms with Crippen LogP contribution < -0.4 is 5.32 Å². The van der Waals surface area contributed by atoms with Gasteiger partial charge in [0.15, 0.2) is 22.8 Å². The lowest BCUT2D eigenvalue weighted by Crippen LogP contribution is -2.01. The molecule has 0 saturated carbocycles. The largest absolute Gasteiger partial charge is 0.338 e. The minimum Gasteiger partial charge on any atom is -0.338 e. The molecule has 0 radical (unpaired) electrons. The lowest BCUT2D eigenvalue weighted by Gasteiger charge is -2.09. The van der Waals surface area contributed by atoms with E-state index >= 15 is 0 Å². The van der Waals surface area contributed by atoms with E-state index in [1.54, 1.807) is 17.7 Å². The maximum absolute atomic E-state index is 4.82. The number of hydrogen-bond acceptors (Lipinski definition) is 5. The molecule has 0 spiro atoms. The third kappa shape index (κ3) is 2.96. The fourth-order valence-electron chi connectivity index (χ4n) is 2.95. The monoisotopic (exact) mass is 369 g/mol.